The molecule has 154 valence electrons. The Kier molecular flexibility index (Phi) is 6.65. The molecule has 1 aliphatic heterocycles. The van der Waals surface area contributed by atoms with E-state index >= 15 is 0 Å². The van der Waals surface area contributed by atoms with Crippen LogP contribution in [0.25, 0.3) is 6.08 Å². The summed E-state index contributed by atoms with van der Waals surface area (Å²) in [4.78, 5) is 16.9. The molecule has 1 heterocycles. The van der Waals surface area contributed by atoms with E-state index in [9.17, 15) is 4.79 Å². The summed E-state index contributed by atoms with van der Waals surface area (Å²) >= 11 is 0. The van der Waals surface area contributed by atoms with E-state index in [1.165, 1.54) is 11.3 Å². The summed E-state index contributed by atoms with van der Waals surface area (Å²) in [7, 11) is 4.75. The van der Waals surface area contributed by atoms with Crippen LogP contribution in [0.2, 0.25) is 0 Å². The number of anilines is 1. The summed E-state index contributed by atoms with van der Waals surface area (Å²) in [5.74, 6) is 1.79. The molecule has 0 aliphatic carbocycles. The minimum Gasteiger partial charge on any atom is -0.496 e. The Bertz CT molecular complexity index is 886. The maximum absolute atomic E-state index is 12.7. The van der Waals surface area contributed by atoms with E-state index in [1.807, 2.05) is 11.0 Å². The number of aryl methyl sites for hydroxylation is 1. The van der Waals surface area contributed by atoms with Crippen molar-refractivity contribution in [3.63, 3.8) is 0 Å². The second-order valence-electron chi connectivity index (χ2n) is 6.88. The highest BCUT2D eigenvalue weighted by molar-refractivity contribution is 5.92. The zero-order chi connectivity index (χ0) is 20.8. The number of carbonyl (C=O) groups is 1. The molecular weight excluding hydrogens is 368 g/mol. The summed E-state index contributed by atoms with van der Waals surface area (Å²) in [5, 5.41) is 0. The summed E-state index contributed by atoms with van der Waals surface area (Å²) in [6.07, 6.45) is 3.35. The quantitative estimate of drug-likeness (QED) is 0.701. The van der Waals surface area contributed by atoms with Crippen molar-refractivity contribution in [3.8, 4) is 17.2 Å². The molecule has 2 aromatic carbocycles. The minimum absolute atomic E-state index is 0.00808. The molecule has 1 aliphatic rings. The number of rotatable bonds is 6. The van der Waals surface area contributed by atoms with Gasteiger partial charge in [0.1, 0.15) is 5.75 Å². The first-order valence-electron chi connectivity index (χ1n) is 9.65. The van der Waals surface area contributed by atoms with Gasteiger partial charge in [0.25, 0.3) is 0 Å². The van der Waals surface area contributed by atoms with Gasteiger partial charge in [0.05, 0.1) is 21.3 Å². The third-order valence-electron chi connectivity index (χ3n) is 5.19. The van der Waals surface area contributed by atoms with E-state index in [0.29, 0.717) is 30.3 Å². The first-order valence-corrected chi connectivity index (χ1v) is 9.65. The van der Waals surface area contributed by atoms with Gasteiger partial charge >= 0.3 is 0 Å². The highest BCUT2D eigenvalue weighted by atomic mass is 16.5. The summed E-state index contributed by atoms with van der Waals surface area (Å²) < 4.78 is 16.1. The number of hydrogen-bond donors (Lipinski definition) is 0. The molecule has 0 saturated carbocycles. The molecule has 0 radical (unpaired) electrons. The number of nitrogens with zero attached hydrogens (tertiary/aromatic N) is 2. The lowest BCUT2D eigenvalue weighted by Gasteiger charge is -2.36. The number of piperazine rings is 1. The molecule has 2 aromatic rings. The van der Waals surface area contributed by atoms with Crippen LogP contribution in [0.15, 0.2) is 42.5 Å². The molecule has 6 nitrogen and oxygen atoms in total. The molecule has 3 rings (SSSR count). The van der Waals surface area contributed by atoms with Crippen molar-refractivity contribution in [1.82, 2.24) is 4.90 Å². The highest BCUT2D eigenvalue weighted by Gasteiger charge is 2.20. The number of para-hydroxylation sites is 1. The van der Waals surface area contributed by atoms with Crippen LogP contribution < -0.4 is 19.1 Å². The largest absolute Gasteiger partial charge is 0.496 e. The van der Waals surface area contributed by atoms with E-state index in [0.717, 1.165) is 18.7 Å². The van der Waals surface area contributed by atoms with Crippen LogP contribution in [-0.2, 0) is 4.79 Å². The lowest BCUT2D eigenvalue weighted by Crippen LogP contribution is -2.48. The Morgan fingerprint density at radius 2 is 1.52 bits per heavy atom. The van der Waals surface area contributed by atoms with Gasteiger partial charge in [0.15, 0.2) is 11.5 Å². The van der Waals surface area contributed by atoms with Crippen LogP contribution in [-0.4, -0.2) is 58.3 Å². The van der Waals surface area contributed by atoms with Gasteiger partial charge in [-0.3, -0.25) is 4.79 Å². The van der Waals surface area contributed by atoms with Crippen LogP contribution in [0, 0.1) is 6.92 Å². The lowest BCUT2D eigenvalue weighted by molar-refractivity contribution is -0.126. The van der Waals surface area contributed by atoms with Crippen molar-refractivity contribution in [2.45, 2.75) is 6.92 Å². The van der Waals surface area contributed by atoms with Gasteiger partial charge in [0.2, 0.25) is 5.91 Å². The number of ether oxygens (including phenoxy) is 3. The standard InChI is InChI=1S/C23H28N2O4/c1-17-7-5-6-8-19(17)24-11-13-25(14-12-24)23(26)10-9-18-15-21(28-3)22(29-4)16-20(18)27-2/h5-10,15-16H,11-14H2,1-4H3/b10-9+. The fraction of sp³-hybridized carbons (Fsp3) is 0.348. The number of carbonyl (C=O) groups excluding carboxylic acids is 1. The highest BCUT2D eigenvalue weighted by Crippen LogP contribution is 2.35. The van der Waals surface area contributed by atoms with Gasteiger partial charge in [-0.1, -0.05) is 18.2 Å². The molecule has 1 amide bonds. The average Bonchev–Trinajstić information content (AvgIpc) is 2.77. The SMILES string of the molecule is COc1cc(OC)c(OC)cc1/C=C/C(=O)N1CCN(c2ccccc2C)CC1. The molecule has 1 fully saturated rings. The number of hydrogen-bond acceptors (Lipinski definition) is 5. The predicted octanol–water partition coefficient (Wildman–Crippen LogP) is 3.38. The molecular formula is C23H28N2O4. The maximum atomic E-state index is 12.7. The monoisotopic (exact) mass is 396 g/mol. The zero-order valence-electron chi connectivity index (χ0n) is 17.5. The van der Waals surface area contributed by atoms with Gasteiger partial charge in [-0.2, -0.15) is 0 Å². The predicted molar refractivity (Wildman–Crippen MR) is 115 cm³/mol. The molecule has 0 unspecified atom stereocenters. The number of benzene rings is 2. The normalized spacial score (nSPS) is 14.2. The maximum Gasteiger partial charge on any atom is 0.246 e. The van der Waals surface area contributed by atoms with Crippen molar-refractivity contribution in [1.29, 1.82) is 0 Å². The van der Waals surface area contributed by atoms with Gasteiger partial charge < -0.3 is 24.0 Å². The summed E-state index contributed by atoms with van der Waals surface area (Å²) in [5.41, 5.74) is 3.26. The Morgan fingerprint density at radius 1 is 0.897 bits per heavy atom. The van der Waals surface area contributed by atoms with Gasteiger partial charge in [-0.15, -0.1) is 0 Å². The Balaban J connectivity index is 1.67. The van der Waals surface area contributed by atoms with E-state index in [-0.39, 0.29) is 5.91 Å². The third kappa shape index (κ3) is 4.65. The van der Waals surface area contributed by atoms with Gasteiger partial charge in [-0.05, 0) is 30.7 Å². The fourth-order valence-electron chi connectivity index (χ4n) is 3.54. The lowest BCUT2D eigenvalue weighted by atomic mass is 10.1. The van der Waals surface area contributed by atoms with E-state index in [4.69, 9.17) is 14.2 Å². The molecule has 0 atom stereocenters. The second-order valence-corrected chi connectivity index (χ2v) is 6.88. The Labute approximate surface area is 172 Å². The van der Waals surface area contributed by atoms with Gasteiger partial charge in [0, 0.05) is 49.6 Å². The Hall–Kier alpha value is -3.15. The third-order valence-corrected chi connectivity index (χ3v) is 5.19. The average molecular weight is 396 g/mol. The first kappa shape index (κ1) is 20.6. The topological polar surface area (TPSA) is 51.2 Å². The van der Waals surface area contributed by atoms with Crippen LogP contribution in [0.5, 0.6) is 17.2 Å². The number of amides is 1. The molecule has 0 bridgehead atoms. The van der Waals surface area contributed by atoms with Crippen molar-refractivity contribution in [2.75, 3.05) is 52.4 Å². The van der Waals surface area contributed by atoms with E-state index in [2.05, 4.69) is 30.0 Å². The molecule has 0 aromatic heterocycles. The molecule has 0 N–H and O–H groups in total. The van der Waals surface area contributed by atoms with Crippen LogP contribution in [0.3, 0.4) is 0 Å². The number of methoxy groups -OCH3 is 3. The molecule has 1 saturated heterocycles. The molecule has 0 spiro atoms. The van der Waals surface area contributed by atoms with Crippen molar-refractivity contribution in [2.24, 2.45) is 0 Å². The fourth-order valence-corrected chi connectivity index (χ4v) is 3.54. The van der Waals surface area contributed by atoms with E-state index < -0.39 is 0 Å². The first-order chi connectivity index (χ1) is 14.1. The summed E-state index contributed by atoms with van der Waals surface area (Å²) in [6, 6.07) is 11.9. The van der Waals surface area contributed by atoms with Crippen LogP contribution >= 0.6 is 0 Å². The molecule has 29 heavy (non-hydrogen) atoms. The smallest absolute Gasteiger partial charge is 0.246 e. The zero-order valence-corrected chi connectivity index (χ0v) is 17.5. The minimum atomic E-state index is -0.00808. The van der Waals surface area contributed by atoms with Crippen molar-refractivity contribution < 1.29 is 19.0 Å². The Morgan fingerprint density at radius 3 is 2.14 bits per heavy atom. The van der Waals surface area contributed by atoms with E-state index in [1.54, 1.807) is 45.6 Å². The van der Waals surface area contributed by atoms with Crippen LogP contribution in [0.1, 0.15) is 11.1 Å². The van der Waals surface area contributed by atoms with Crippen molar-refractivity contribution in [3.05, 3.63) is 53.6 Å². The van der Waals surface area contributed by atoms with Crippen LogP contribution in [0.4, 0.5) is 5.69 Å². The molecule has 6 heteroatoms. The van der Waals surface area contributed by atoms with Gasteiger partial charge in [-0.25, -0.2) is 0 Å². The summed E-state index contributed by atoms with van der Waals surface area (Å²) in [6.45, 7) is 5.15. The van der Waals surface area contributed by atoms with Crippen molar-refractivity contribution >= 4 is 17.7 Å². The second kappa shape index (κ2) is 9.37.